The molecule has 1 saturated heterocycles. The number of aryl methyl sites for hydroxylation is 1. The van der Waals surface area contributed by atoms with Gasteiger partial charge in [0.1, 0.15) is 0 Å². The van der Waals surface area contributed by atoms with Crippen LogP contribution in [0.4, 0.5) is 0 Å². The summed E-state index contributed by atoms with van der Waals surface area (Å²) in [7, 11) is 2.07. The molecule has 6 heteroatoms. The zero-order valence-corrected chi connectivity index (χ0v) is 17.4. The summed E-state index contributed by atoms with van der Waals surface area (Å²) in [6, 6.07) is 17.3. The maximum atomic E-state index is 13.4. The SMILES string of the molecule is Cc1nc(-c2ccccc2)nc(-c2cccc(Cl)c2)c1C(=O)N1CCN(C)CC1. The van der Waals surface area contributed by atoms with Gasteiger partial charge in [0.2, 0.25) is 0 Å². The maximum absolute atomic E-state index is 13.4. The van der Waals surface area contributed by atoms with Crippen LogP contribution in [0.1, 0.15) is 16.1 Å². The molecule has 0 saturated carbocycles. The number of likely N-dealkylation sites (N-methyl/N-ethyl adjacent to an activating group) is 1. The van der Waals surface area contributed by atoms with Crippen LogP contribution in [0, 0.1) is 6.92 Å². The third-order valence-corrected chi connectivity index (χ3v) is 5.46. The van der Waals surface area contributed by atoms with Gasteiger partial charge >= 0.3 is 0 Å². The molecule has 148 valence electrons. The number of benzene rings is 2. The van der Waals surface area contributed by atoms with Gasteiger partial charge in [-0.2, -0.15) is 0 Å². The van der Waals surface area contributed by atoms with Gasteiger partial charge < -0.3 is 9.80 Å². The highest BCUT2D eigenvalue weighted by Crippen LogP contribution is 2.29. The Hall–Kier alpha value is -2.76. The Bertz CT molecular complexity index is 1030. The zero-order valence-electron chi connectivity index (χ0n) is 16.6. The summed E-state index contributed by atoms with van der Waals surface area (Å²) in [6.07, 6.45) is 0. The van der Waals surface area contributed by atoms with Crippen molar-refractivity contribution in [2.24, 2.45) is 0 Å². The highest BCUT2D eigenvalue weighted by molar-refractivity contribution is 6.30. The maximum Gasteiger partial charge on any atom is 0.258 e. The highest BCUT2D eigenvalue weighted by Gasteiger charge is 2.27. The van der Waals surface area contributed by atoms with Crippen LogP contribution in [0.15, 0.2) is 54.6 Å². The molecule has 29 heavy (non-hydrogen) atoms. The van der Waals surface area contributed by atoms with Crippen molar-refractivity contribution in [3.05, 3.63) is 70.9 Å². The second kappa shape index (κ2) is 8.31. The molecule has 1 amide bonds. The van der Waals surface area contributed by atoms with Gasteiger partial charge in [-0.3, -0.25) is 4.79 Å². The third-order valence-electron chi connectivity index (χ3n) is 5.22. The lowest BCUT2D eigenvalue weighted by atomic mass is 10.0. The monoisotopic (exact) mass is 406 g/mol. The minimum atomic E-state index is -0.0230. The summed E-state index contributed by atoms with van der Waals surface area (Å²) in [5.74, 6) is 0.582. The Morgan fingerprint density at radius 3 is 2.31 bits per heavy atom. The normalized spacial score (nSPS) is 14.8. The molecule has 0 N–H and O–H groups in total. The van der Waals surface area contributed by atoms with Gasteiger partial charge in [0.25, 0.3) is 5.91 Å². The van der Waals surface area contributed by atoms with E-state index in [2.05, 4.69) is 16.9 Å². The topological polar surface area (TPSA) is 49.3 Å². The fourth-order valence-electron chi connectivity index (χ4n) is 3.56. The third kappa shape index (κ3) is 4.16. The number of halogens is 1. The number of aromatic nitrogens is 2. The Kier molecular flexibility index (Phi) is 5.60. The van der Waals surface area contributed by atoms with E-state index in [4.69, 9.17) is 16.6 Å². The van der Waals surface area contributed by atoms with E-state index in [1.165, 1.54) is 0 Å². The smallest absolute Gasteiger partial charge is 0.258 e. The van der Waals surface area contributed by atoms with Crippen LogP contribution in [0.3, 0.4) is 0 Å². The van der Waals surface area contributed by atoms with Crippen LogP contribution in [-0.2, 0) is 0 Å². The number of piperazine rings is 1. The van der Waals surface area contributed by atoms with Crippen molar-refractivity contribution in [2.45, 2.75) is 6.92 Å². The second-order valence-corrected chi connectivity index (χ2v) is 7.76. The summed E-state index contributed by atoms with van der Waals surface area (Å²) >= 11 is 6.24. The van der Waals surface area contributed by atoms with E-state index in [0.29, 0.717) is 40.9 Å². The van der Waals surface area contributed by atoms with Gasteiger partial charge in [-0.05, 0) is 26.1 Å². The number of carbonyl (C=O) groups excluding carboxylic acids is 1. The van der Waals surface area contributed by atoms with Crippen molar-refractivity contribution in [1.82, 2.24) is 19.8 Å². The van der Waals surface area contributed by atoms with Crippen molar-refractivity contribution < 1.29 is 4.79 Å². The quantitative estimate of drug-likeness (QED) is 0.655. The first-order valence-electron chi connectivity index (χ1n) is 9.71. The first-order valence-corrected chi connectivity index (χ1v) is 10.1. The van der Waals surface area contributed by atoms with E-state index < -0.39 is 0 Å². The summed E-state index contributed by atoms with van der Waals surface area (Å²) in [6.45, 7) is 5.00. The lowest BCUT2D eigenvalue weighted by Gasteiger charge is -2.33. The van der Waals surface area contributed by atoms with Gasteiger partial charge in [0.05, 0.1) is 17.0 Å². The van der Waals surface area contributed by atoms with Gasteiger partial charge in [-0.1, -0.05) is 54.1 Å². The van der Waals surface area contributed by atoms with E-state index in [9.17, 15) is 4.79 Å². The Labute approximate surface area is 176 Å². The molecule has 1 aliphatic heterocycles. The molecule has 1 aliphatic rings. The van der Waals surface area contributed by atoms with Crippen molar-refractivity contribution in [1.29, 1.82) is 0 Å². The van der Waals surface area contributed by atoms with E-state index in [1.54, 1.807) is 0 Å². The first-order chi connectivity index (χ1) is 14.0. The summed E-state index contributed by atoms with van der Waals surface area (Å²) in [5, 5.41) is 0.609. The minimum absolute atomic E-state index is 0.0230. The van der Waals surface area contributed by atoms with Crippen LogP contribution in [0.25, 0.3) is 22.6 Å². The van der Waals surface area contributed by atoms with Crippen LogP contribution in [-0.4, -0.2) is 58.9 Å². The highest BCUT2D eigenvalue weighted by atomic mass is 35.5. The van der Waals surface area contributed by atoms with E-state index in [1.807, 2.05) is 66.4 Å². The predicted octanol–water partition coefficient (Wildman–Crippen LogP) is 4.16. The molecular formula is C23H23ClN4O. The molecule has 0 aliphatic carbocycles. The van der Waals surface area contributed by atoms with Gasteiger partial charge in [0, 0.05) is 42.3 Å². The average Bonchev–Trinajstić information content (AvgIpc) is 2.74. The van der Waals surface area contributed by atoms with Crippen LogP contribution < -0.4 is 0 Å². The van der Waals surface area contributed by atoms with Crippen molar-refractivity contribution >= 4 is 17.5 Å². The van der Waals surface area contributed by atoms with Gasteiger partial charge in [-0.25, -0.2) is 9.97 Å². The van der Waals surface area contributed by atoms with Crippen molar-refractivity contribution in [3.63, 3.8) is 0 Å². The minimum Gasteiger partial charge on any atom is -0.336 e. The fraction of sp³-hybridized carbons (Fsp3) is 0.261. The molecule has 0 spiro atoms. The molecular weight excluding hydrogens is 384 g/mol. The number of nitrogens with zero attached hydrogens (tertiary/aromatic N) is 4. The predicted molar refractivity (Wildman–Crippen MR) is 116 cm³/mol. The Morgan fingerprint density at radius 2 is 1.62 bits per heavy atom. The average molecular weight is 407 g/mol. The number of hydrogen-bond donors (Lipinski definition) is 0. The van der Waals surface area contributed by atoms with Crippen molar-refractivity contribution in [3.8, 4) is 22.6 Å². The lowest BCUT2D eigenvalue weighted by Crippen LogP contribution is -2.47. The van der Waals surface area contributed by atoms with Crippen molar-refractivity contribution in [2.75, 3.05) is 33.2 Å². The van der Waals surface area contributed by atoms with E-state index in [-0.39, 0.29) is 5.91 Å². The summed E-state index contributed by atoms with van der Waals surface area (Å²) in [4.78, 5) is 27.1. The molecule has 2 heterocycles. The van der Waals surface area contributed by atoms with E-state index >= 15 is 0 Å². The number of hydrogen-bond acceptors (Lipinski definition) is 4. The Morgan fingerprint density at radius 1 is 0.931 bits per heavy atom. The number of rotatable bonds is 3. The molecule has 0 radical (unpaired) electrons. The Balaban J connectivity index is 1.84. The molecule has 4 rings (SSSR count). The first kappa shape index (κ1) is 19.6. The van der Waals surface area contributed by atoms with E-state index in [0.717, 1.165) is 24.2 Å². The summed E-state index contributed by atoms with van der Waals surface area (Å²) in [5.41, 5.74) is 3.59. The zero-order chi connectivity index (χ0) is 20.4. The molecule has 5 nitrogen and oxygen atoms in total. The largest absolute Gasteiger partial charge is 0.336 e. The molecule has 0 bridgehead atoms. The van der Waals surface area contributed by atoms with Gasteiger partial charge in [-0.15, -0.1) is 0 Å². The fourth-order valence-corrected chi connectivity index (χ4v) is 3.75. The molecule has 0 unspecified atom stereocenters. The summed E-state index contributed by atoms with van der Waals surface area (Å²) < 4.78 is 0. The second-order valence-electron chi connectivity index (χ2n) is 7.33. The molecule has 0 atom stereocenters. The lowest BCUT2D eigenvalue weighted by molar-refractivity contribution is 0.0663. The standard InChI is InChI=1S/C23H23ClN4O/c1-16-20(23(29)28-13-11-27(2)12-14-28)21(18-9-6-10-19(24)15-18)26-22(25-16)17-7-4-3-5-8-17/h3-10,15H,11-14H2,1-2H3. The molecule has 2 aromatic carbocycles. The molecule has 1 aromatic heterocycles. The number of amides is 1. The van der Waals surface area contributed by atoms with Crippen LogP contribution in [0.5, 0.6) is 0 Å². The van der Waals surface area contributed by atoms with Crippen LogP contribution in [0.2, 0.25) is 5.02 Å². The van der Waals surface area contributed by atoms with Crippen LogP contribution >= 0.6 is 11.6 Å². The molecule has 3 aromatic rings. The molecule has 1 fully saturated rings. The van der Waals surface area contributed by atoms with Gasteiger partial charge in [0.15, 0.2) is 5.82 Å². The number of carbonyl (C=O) groups is 1.